The van der Waals surface area contributed by atoms with Gasteiger partial charge in [0.15, 0.2) is 0 Å². The molecule has 0 radical (unpaired) electrons. The highest BCUT2D eigenvalue weighted by Crippen LogP contribution is 2.35. The molecule has 0 fully saturated rings. The molecule has 1 amide bonds. The summed E-state index contributed by atoms with van der Waals surface area (Å²) in [5.74, 6) is 0.103. The number of benzene rings is 2. The molecular formula is C20H23FN2O2. The SMILES string of the molecule is CC(C(=O)N[C@@H]1COc2ccccc2[C@H]1N(C)C)c1ccc(F)cc1. The van der Waals surface area contributed by atoms with Gasteiger partial charge in [0.05, 0.1) is 18.0 Å². The summed E-state index contributed by atoms with van der Waals surface area (Å²) in [7, 11) is 3.99. The second kappa shape index (κ2) is 7.23. The number of halogens is 1. The van der Waals surface area contributed by atoms with E-state index >= 15 is 0 Å². The first-order chi connectivity index (χ1) is 12.0. The zero-order valence-corrected chi connectivity index (χ0v) is 14.7. The topological polar surface area (TPSA) is 41.6 Å². The van der Waals surface area contributed by atoms with E-state index in [2.05, 4.69) is 10.2 Å². The van der Waals surface area contributed by atoms with Gasteiger partial charge in [-0.05, 0) is 44.8 Å². The molecule has 2 aromatic rings. The van der Waals surface area contributed by atoms with E-state index in [1.807, 2.05) is 45.3 Å². The fourth-order valence-corrected chi connectivity index (χ4v) is 3.31. The summed E-state index contributed by atoms with van der Waals surface area (Å²) < 4.78 is 18.9. The predicted molar refractivity (Wildman–Crippen MR) is 95.1 cm³/mol. The number of nitrogens with one attached hydrogen (secondary N) is 1. The molecule has 3 rings (SSSR count). The first kappa shape index (κ1) is 17.4. The highest BCUT2D eigenvalue weighted by Gasteiger charge is 2.34. The molecule has 1 unspecified atom stereocenters. The molecular weight excluding hydrogens is 319 g/mol. The number of para-hydroxylation sites is 1. The largest absolute Gasteiger partial charge is 0.491 e. The first-order valence-corrected chi connectivity index (χ1v) is 8.41. The van der Waals surface area contributed by atoms with Crippen molar-refractivity contribution in [2.75, 3.05) is 20.7 Å². The third-order valence-corrected chi connectivity index (χ3v) is 4.68. The van der Waals surface area contributed by atoms with E-state index in [1.54, 1.807) is 12.1 Å². The van der Waals surface area contributed by atoms with Gasteiger partial charge in [-0.2, -0.15) is 0 Å². The monoisotopic (exact) mass is 342 g/mol. The molecule has 1 N–H and O–H groups in total. The number of fused-ring (bicyclic) bond motifs is 1. The van der Waals surface area contributed by atoms with Crippen molar-refractivity contribution in [3.63, 3.8) is 0 Å². The minimum Gasteiger partial charge on any atom is -0.491 e. The molecule has 25 heavy (non-hydrogen) atoms. The molecule has 3 atom stereocenters. The van der Waals surface area contributed by atoms with Crippen molar-refractivity contribution in [3.8, 4) is 5.75 Å². The zero-order chi connectivity index (χ0) is 18.0. The van der Waals surface area contributed by atoms with E-state index in [9.17, 15) is 9.18 Å². The smallest absolute Gasteiger partial charge is 0.227 e. The number of hydrogen-bond acceptors (Lipinski definition) is 3. The van der Waals surface area contributed by atoms with Crippen molar-refractivity contribution in [2.45, 2.75) is 24.9 Å². The van der Waals surface area contributed by atoms with Crippen LogP contribution < -0.4 is 10.1 Å². The Labute approximate surface area is 147 Å². The maximum absolute atomic E-state index is 13.1. The maximum Gasteiger partial charge on any atom is 0.227 e. The molecule has 0 aliphatic carbocycles. The fourth-order valence-electron chi connectivity index (χ4n) is 3.31. The number of ether oxygens (including phenoxy) is 1. The summed E-state index contributed by atoms with van der Waals surface area (Å²) in [6, 6.07) is 13.8. The number of likely N-dealkylation sites (N-methyl/N-ethyl adjacent to an activating group) is 1. The Bertz CT molecular complexity index is 746. The van der Waals surface area contributed by atoms with Crippen molar-refractivity contribution in [2.24, 2.45) is 0 Å². The minimum atomic E-state index is -0.361. The standard InChI is InChI=1S/C20H23FN2O2/c1-13(14-8-10-15(21)11-9-14)20(24)22-17-12-25-18-7-5-4-6-16(18)19(17)23(2)3/h4-11,13,17,19H,12H2,1-3H3,(H,22,24)/t13?,17-,19-/m1/s1. The minimum absolute atomic E-state index is 0.0364. The van der Waals surface area contributed by atoms with Gasteiger partial charge >= 0.3 is 0 Å². The van der Waals surface area contributed by atoms with Crippen LogP contribution in [-0.4, -0.2) is 37.6 Å². The van der Waals surface area contributed by atoms with Crippen molar-refractivity contribution >= 4 is 5.91 Å². The number of nitrogens with zero attached hydrogens (tertiary/aromatic N) is 1. The fraction of sp³-hybridized carbons (Fsp3) is 0.350. The third kappa shape index (κ3) is 3.66. The van der Waals surface area contributed by atoms with Crippen molar-refractivity contribution in [3.05, 3.63) is 65.5 Å². The van der Waals surface area contributed by atoms with E-state index in [0.29, 0.717) is 6.61 Å². The number of rotatable bonds is 4. The molecule has 2 aromatic carbocycles. The summed E-state index contributed by atoms with van der Waals surface area (Å²) in [4.78, 5) is 14.8. The maximum atomic E-state index is 13.1. The molecule has 0 saturated carbocycles. The van der Waals surface area contributed by atoms with Crippen LogP contribution in [0.3, 0.4) is 0 Å². The van der Waals surface area contributed by atoms with Crippen LogP contribution in [0.2, 0.25) is 0 Å². The van der Waals surface area contributed by atoms with Crippen LogP contribution in [0.4, 0.5) is 4.39 Å². The van der Waals surface area contributed by atoms with Crippen LogP contribution in [0.15, 0.2) is 48.5 Å². The van der Waals surface area contributed by atoms with Crippen LogP contribution in [0.5, 0.6) is 5.75 Å². The Morgan fingerprint density at radius 3 is 2.56 bits per heavy atom. The van der Waals surface area contributed by atoms with Gasteiger partial charge in [-0.3, -0.25) is 4.79 Å². The van der Waals surface area contributed by atoms with Gasteiger partial charge in [-0.1, -0.05) is 30.3 Å². The summed E-state index contributed by atoms with van der Waals surface area (Å²) in [6.07, 6.45) is 0. The van der Waals surface area contributed by atoms with Crippen LogP contribution in [0.1, 0.15) is 30.0 Å². The Morgan fingerprint density at radius 1 is 1.20 bits per heavy atom. The summed E-state index contributed by atoms with van der Waals surface area (Å²) in [6.45, 7) is 2.24. The van der Waals surface area contributed by atoms with Crippen molar-refractivity contribution < 1.29 is 13.9 Å². The molecule has 0 bridgehead atoms. The highest BCUT2D eigenvalue weighted by molar-refractivity contribution is 5.83. The molecule has 0 spiro atoms. The van der Waals surface area contributed by atoms with Crippen molar-refractivity contribution in [1.82, 2.24) is 10.2 Å². The van der Waals surface area contributed by atoms with Gasteiger partial charge in [0, 0.05) is 5.56 Å². The Hall–Kier alpha value is -2.40. The van der Waals surface area contributed by atoms with E-state index < -0.39 is 0 Å². The molecule has 1 heterocycles. The average Bonchev–Trinajstić information content (AvgIpc) is 2.61. The Morgan fingerprint density at radius 2 is 1.88 bits per heavy atom. The van der Waals surface area contributed by atoms with Crippen molar-refractivity contribution in [1.29, 1.82) is 0 Å². The molecule has 0 aromatic heterocycles. The number of carbonyl (C=O) groups excluding carboxylic acids is 1. The average molecular weight is 342 g/mol. The summed E-state index contributed by atoms with van der Waals surface area (Å²) in [5.41, 5.74) is 1.86. The normalized spacial score (nSPS) is 20.5. The highest BCUT2D eigenvalue weighted by atomic mass is 19.1. The molecule has 1 aliphatic heterocycles. The van der Waals surface area contributed by atoms with Crippen LogP contribution >= 0.6 is 0 Å². The van der Waals surface area contributed by atoms with Crippen LogP contribution in [-0.2, 0) is 4.79 Å². The Balaban J connectivity index is 1.77. The molecule has 4 nitrogen and oxygen atoms in total. The third-order valence-electron chi connectivity index (χ3n) is 4.68. The Kier molecular flexibility index (Phi) is 5.04. The second-order valence-electron chi connectivity index (χ2n) is 6.65. The van der Waals surface area contributed by atoms with Gasteiger partial charge < -0.3 is 15.0 Å². The lowest BCUT2D eigenvalue weighted by molar-refractivity contribution is -0.123. The van der Waals surface area contributed by atoms with Gasteiger partial charge in [-0.25, -0.2) is 4.39 Å². The lowest BCUT2D eigenvalue weighted by Crippen LogP contribution is -2.50. The van der Waals surface area contributed by atoms with Gasteiger partial charge in [0.2, 0.25) is 5.91 Å². The van der Waals surface area contributed by atoms with E-state index in [4.69, 9.17) is 4.74 Å². The summed E-state index contributed by atoms with van der Waals surface area (Å²) >= 11 is 0. The summed E-state index contributed by atoms with van der Waals surface area (Å²) in [5, 5.41) is 3.10. The van der Waals surface area contributed by atoms with Crippen LogP contribution in [0, 0.1) is 5.82 Å². The second-order valence-corrected chi connectivity index (χ2v) is 6.65. The molecule has 0 saturated heterocycles. The quantitative estimate of drug-likeness (QED) is 0.928. The molecule has 132 valence electrons. The first-order valence-electron chi connectivity index (χ1n) is 8.41. The zero-order valence-electron chi connectivity index (χ0n) is 14.7. The number of hydrogen-bond donors (Lipinski definition) is 1. The van der Waals surface area contributed by atoms with E-state index in [-0.39, 0.29) is 29.7 Å². The lowest BCUT2D eigenvalue weighted by Gasteiger charge is -2.38. The molecule has 5 heteroatoms. The van der Waals surface area contributed by atoms with Gasteiger partial charge in [0.25, 0.3) is 0 Å². The van der Waals surface area contributed by atoms with Gasteiger partial charge in [0.1, 0.15) is 18.2 Å². The van der Waals surface area contributed by atoms with Crippen LogP contribution in [0.25, 0.3) is 0 Å². The number of carbonyl (C=O) groups is 1. The van der Waals surface area contributed by atoms with E-state index in [1.165, 1.54) is 12.1 Å². The van der Waals surface area contributed by atoms with E-state index in [0.717, 1.165) is 16.9 Å². The number of amides is 1. The predicted octanol–water partition coefficient (Wildman–Crippen LogP) is 3.11. The molecule has 1 aliphatic rings. The lowest BCUT2D eigenvalue weighted by atomic mass is 9.94. The van der Waals surface area contributed by atoms with Gasteiger partial charge in [-0.15, -0.1) is 0 Å².